The highest BCUT2D eigenvalue weighted by Gasteiger charge is 2.11. The van der Waals surface area contributed by atoms with E-state index in [0.717, 1.165) is 25.7 Å². The summed E-state index contributed by atoms with van der Waals surface area (Å²) in [4.78, 5) is 10.4. The topological polar surface area (TPSA) is 57.5 Å². The van der Waals surface area contributed by atoms with Gasteiger partial charge in [-0.2, -0.15) is 0 Å². The van der Waals surface area contributed by atoms with Crippen LogP contribution in [-0.2, 0) is 4.79 Å². The first-order valence-electron chi connectivity index (χ1n) is 8.82. The largest absolute Gasteiger partial charge is 0.479 e. The van der Waals surface area contributed by atoms with Crippen molar-refractivity contribution in [2.24, 2.45) is 0 Å². The minimum Gasteiger partial charge on any atom is -0.479 e. The highest BCUT2D eigenvalue weighted by Crippen LogP contribution is 2.10. The van der Waals surface area contributed by atoms with Crippen molar-refractivity contribution < 1.29 is 15.0 Å². The van der Waals surface area contributed by atoms with E-state index in [9.17, 15) is 4.79 Å². The molecule has 0 rings (SSSR count). The Bertz CT molecular complexity index is 332. The van der Waals surface area contributed by atoms with Crippen LogP contribution in [0.5, 0.6) is 0 Å². The Morgan fingerprint density at radius 1 is 1.00 bits per heavy atom. The van der Waals surface area contributed by atoms with Crippen LogP contribution in [0.3, 0.4) is 0 Å². The Balaban J connectivity index is 3.47. The van der Waals surface area contributed by atoms with E-state index in [0.29, 0.717) is 6.42 Å². The third-order valence-corrected chi connectivity index (χ3v) is 3.79. The van der Waals surface area contributed by atoms with Crippen molar-refractivity contribution >= 4 is 5.97 Å². The number of carbonyl (C=O) groups is 1. The lowest BCUT2D eigenvalue weighted by molar-refractivity contribution is -0.146. The third kappa shape index (κ3) is 13.9. The molecule has 0 saturated heterocycles. The van der Waals surface area contributed by atoms with Crippen LogP contribution < -0.4 is 0 Å². The highest BCUT2D eigenvalue weighted by molar-refractivity contribution is 5.71. The Labute approximate surface area is 136 Å². The first-order chi connectivity index (χ1) is 10.6. The fraction of sp³-hybridized carbons (Fsp3) is 0.737. The number of hydrogen-bond donors (Lipinski definition) is 2. The molecule has 0 aliphatic carbocycles. The molecule has 0 amide bonds. The first-order valence-corrected chi connectivity index (χ1v) is 8.82. The average Bonchev–Trinajstić information content (AvgIpc) is 2.49. The number of hydrogen-bond acceptors (Lipinski definition) is 2. The van der Waals surface area contributed by atoms with Crippen molar-refractivity contribution in [2.75, 3.05) is 0 Å². The zero-order valence-corrected chi connectivity index (χ0v) is 14.4. The number of carboxylic acid groups (broad SMARTS) is 1. The van der Waals surface area contributed by atoms with Gasteiger partial charge in [0, 0.05) is 0 Å². The highest BCUT2D eigenvalue weighted by atomic mass is 16.4. The maximum Gasteiger partial charge on any atom is 0.332 e. The van der Waals surface area contributed by atoms with E-state index in [-0.39, 0.29) is 0 Å². The first kappa shape index (κ1) is 20.9. The van der Waals surface area contributed by atoms with Gasteiger partial charge in [-0.3, -0.25) is 0 Å². The van der Waals surface area contributed by atoms with Gasteiger partial charge in [-0.1, -0.05) is 69.2 Å². The van der Waals surface area contributed by atoms with E-state index in [1.807, 2.05) is 0 Å². The number of rotatable bonds is 14. The van der Waals surface area contributed by atoms with Gasteiger partial charge in [0.2, 0.25) is 0 Å². The summed E-state index contributed by atoms with van der Waals surface area (Å²) in [5.74, 6) is -1.11. The van der Waals surface area contributed by atoms with E-state index >= 15 is 0 Å². The van der Waals surface area contributed by atoms with Crippen molar-refractivity contribution in [3.05, 3.63) is 23.8 Å². The normalized spacial score (nSPS) is 13.7. The second-order valence-corrected chi connectivity index (χ2v) is 6.05. The zero-order chi connectivity index (χ0) is 16.6. The molecule has 1 unspecified atom stereocenters. The lowest BCUT2D eigenvalue weighted by atomic mass is 10.1. The number of unbranched alkanes of at least 4 members (excludes halogenated alkanes) is 8. The van der Waals surface area contributed by atoms with Crippen LogP contribution in [0.1, 0.15) is 84.5 Å². The molecule has 22 heavy (non-hydrogen) atoms. The average molecular weight is 310 g/mol. The fourth-order valence-electron chi connectivity index (χ4n) is 2.32. The van der Waals surface area contributed by atoms with Gasteiger partial charge in [0.25, 0.3) is 0 Å². The van der Waals surface area contributed by atoms with Crippen molar-refractivity contribution in [1.82, 2.24) is 0 Å². The predicted molar refractivity (Wildman–Crippen MR) is 93.0 cm³/mol. The summed E-state index contributed by atoms with van der Waals surface area (Å²) in [5, 5.41) is 17.7. The van der Waals surface area contributed by atoms with Gasteiger partial charge >= 0.3 is 5.97 Å². The molecule has 3 heteroatoms. The molecule has 0 bridgehead atoms. The van der Waals surface area contributed by atoms with Gasteiger partial charge in [-0.25, -0.2) is 4.79 Å². The van der Waals surface area contributed by atoms with Crippen LogP contribution in [0.25, 0.3) is 0 Å². The summed E-state index contributed by atoms with van der Waals surface area (Å²) in [7, 11) is 0. The molecule has 128 valence electrons. The van der Waals surface area contributed by atoms with Crippen LogP contribution in [0.2, 0.25) is 0 Å². The molecule has 0 aromatic carbocycles. The molecule has 0 radical (unpaired) electrons. The molecule has 0 spiro atoms. The molecule has 0 aromatic heterocycles. The number of carboxylic acids is 1. The predicted octanol–water partition coefficient (Wildman–Crippen LogP) is 5.25. The molecule has 0 aromatic rings. The van der Waals surface area contributed by atoms with Gasteiger partial charge in [-0.15, -0.1) is 0 Å². The van der Waals surface area contributed by atoms with Crippen LogP contribution in [0.4, 0.5) is 0 Å². The molecule has 0 heterocycles. The summed E-state index contributed by atoms with van der Waals surface area (Å²) in [6.45, 7) is 4.38. The maximum absolute atomic E-state index is 10.4. The van der Waals surface area contributed by atoms with E-state index in [1.54, 1.807) is 0 Å². The van der Waals surface area contributed by atoms with Gasteiger partial charge < -0.3 is 10.2 Å². The van der Waals surface area contributed by atoms with Crippen molar-refractivity contribution in [3.63, 3.8) is 0 Å². The number of aliphatic hydroxyl groups excluding tert-OH is 1. The lowest BCUT2D eigenvalue weighted by Gasteiger charge is -2.04. The van der Waals surface area contributed by atoms with Crippen LogP contribution in [0, 0.1) is 0 Å². The van der Waals surface area contributed by atoms with Gasteiger partial charge in [0.05, 0.1) is 0 Å². The van der Waals surface area contributed by atoms with Crippen LogP contribution in [0.15, 0.2) is 23.8 Å². The summed E-state index contributed by atoms with van der Waals surface area (Å²) in [6.07, 6.45) is 17.4. The SMILES string of the molecule is CCCCC/C=C/C(C)=C/CCCCCCCC(O)C(=O)O. The Kier molecular flexibility index (Phi) is 14.1. The Morgan fingerprint density at radius 3 is 2.32 bits per heavy atom. The fourth-order valence-corrected chi connectivity index (χ4v) is 2.32. The van der Waals surface area contributed by atoms with Crippen molar-refractivity contribution in [2.45, 2.75) is 90.6 Å². The third-order valence-electron chi connectivity index (χ3n) is 3.79. The van der Waals surface area contributed by atoms with E-state index in [1.165, 1.54) is 44.1 Å². The summed E-state index contributed by atoms with van der Waals surface area (Å²) >= 11 is 0. The number of allylic oxidation sites excluding steroid dienone is 4. The molecular weight excluding hydrogens is 276 g/mol. The summed E-state index contributed by atoms with van der Waals surface area (Å²) < 4.78 is 0. The zero-order valence-electron chi connectivity index (χ0n) is 14.4. The molecule has 1 atom stereocenters. The molecule has 0 aliphatic rings. The molecule has 0 aliphatic heterocycles. The Hall–Kier alpha value is -1.09. The minimum absolute atomic E-state index is 0.372. The molecule has 3 nitrogen and oxygen atoms in total. The minimum atomic E-state index is -1.19. The second-order valence-electron chi connectivity index (χ2n) is 6.05. The monoisotopic (exact) mass is 310 g/mol. The van der Waals surface area contributed by atoms with E-state index in [4.69, 9.17) is 10.2 Å². The van der Waals surface area contributed by atoms with Crippen LogP contribution >= 0.6 is 0 Å². The van der Waals surface area contributed by atoms with Crippen molar-refractivity contribution in [1.29, 1.82) is 0 Å². The quantitative estimate of drug-likeness (QED) is 0.340. The Morgan fingerprint density at radius 2 is 1.64 bits per heavy atom. The summed E-state index contributed by atoms with van der Waals surface area (Å²) in [6, 6.07) is 0. The molecule has 0 saturated carbocycles. The lowest BCUT2D eigenvalue weighted by Crippen LogP contribution is -2.18. The van der Waals surface area contributed by atoms with Crippen LogP contribution in [-0.4, -0.2) is 22.3 Å². The van der Waals surface area contributed by atoms with E-state index < -0.39 is 12.1 Å². The maximum atomic E-state index is 10.4. The van der Waals surface area contributed by atoms with Gasteiger partial charge in [0.1, 0.15) is 0 Å². The van der Waals surface area contributed by atoms with E-state index in [2.05, 4.69) is 32.1 Å². The molecule has 0 fully saturated rings. The van der Waals surface area contributed by atoms with Crippen molar-refractivity contribution in [3.8, 4) is 0 Å². The molecule has 2 N–H and O–H groups in total. The second kappa shape index (κ2) is 14.8. The number of aliphatic hydroxyl groups is 1. The standard InChI is InChI=1S/C19H34O3/c1-3-4-5-8-11-14-17(2)15-12-9-6-7-10-13-16-18(20)19(21)22/h11,14-15,18,20H,3-10,12-13,16H2,1-2H3,(H,21,22)/b14-11+,17-15+. The number of aliphatic carboxylic acids is 1. The van der Waals surface area contributed by atoms with Gasteiger partial charge in [-0.05, 0) is 39.0 Å². The summed E-state index contributed by atoms with van der Waals surface area (Å²) in [5.41, 5.74) is 1.35. The van der Waals surface area contributed by atoms with Gasteiger partial charge in [0.15, 0.2) is 6.10 Å². The smallest absolute Gasteiger partial charge is 0.332 e. The molecular formula is C19H34O3.